The highest BCUT2D eigenvalue weighted by molar-refractivity contribution is 5.76. The average Bonchev–Trinajstić information content (AvgIpc) is 2.73. The van der Waals surface area contributed by atoms with Gasteiger partial charge >= 0.3 is 0 Å². The molecule has 0 bridgehead atoms. The topological polar surface area (TPSA) is 52.6 Å². The molecule has 0 aromatic carbocycles. The molecule has 0 aromatic heterocycles. The first-order valence-corrected chi connectivity index (χ1v) is 7.54. The fourth-order valence-electron chi connectivity index (χ4n) is 2.61. The van der Waals surface area contributed by atoms with Crippen molar-refractivity contribution in [3.63, 3.8) is 0 Å². The summed E-state index contributed by atoms with van der Waals surface area (Å²) in [6.45, 7) is 9.44. The summed E-state index contributed by atoms with van der Waals surface area (Å²) in [5, 5.41) is 12.2. The van der Waals surface area contributed by atoms with Gasteiger partial charge in [-0.05, 0) is 44.2 Å². The van der Waals surface area contributed by atoms with Crippen LogP contribution in [0, 0.1) is 5.41 Å². The molecule has 1 heterocycles. The molecule has 19 heavy (non-hydrogen) atoms. The van der Waals surface area contributed by atoms with E-state index in [1.54, 1.807) is 0 Å². The minimum absolute atomic E-state index is 0.0635. The van der Waals surface area contributed by atoms with Crippen molar-refractivity contribution in [2.75, 3.05) is 26.2 Å². The molecule has 1 saturated heterocycles. The zero-order valence-electron chi connectivity index (χ0n) is 12.7. The van der Waals surface area contributed by atoms with Crippen LogP contribution in [-0.4, -0.2) is 48.2 Å². The Bertz CT molecular complexity index is 274. The van der Waals surface area contributed by atoms with Crippen LogP contribution in [0.15, 0.2) is 0 Å². The number of unbranched alkanes of at least 4 members (excludes halogenated alkanes) is 1. The van der Waals surface area contributed by atoms with Crippen LogP contribution in [0.4, 0.5) is 0 Å². The van der Waals surface area contributed by atoms with Crippen molar-refractivity contribution >= 4 is 5.91 Å². The van der Waals surface area contributed by atoms with Crippen molar-refractivity contribution in [1.29, 1.82) is 0 Å². The van der Waals surface area contributed by atoms with Crippen molar-refractivity contribution in [3.05, 3.63) is 0 Å². The number of nitrogens with one attached hydrogen (secondary N) is 1. The lowest BCUT2D eigenvalue weighted by molar-refractivity contribution is -0.122. The number of carbonyl (C=O) groups excluding carboxylic acids is 1. The van der Waals surface area contributed by atoms with Gasteiger partial charge in [0.1, 0.15) is 0 Å². The Labute approximate surface area is 117 Å². The highest BCUT2D eigenvalue weighted by Gasteiger charge is 2.22. The lowest BCUT2D eigenvalue weighted by Gasteiger charge is -2.22. The van der Waals surface area contributed by atoms with Gasteiger partial charge in [0, 0.05) is 19.0 Å². The predicted molar refractivity (Wildman–Crippen MR) is 78.0 cm³/mol. The number of amides is 1. The second-order valence-corrected chi connectivity index (χ2v) is 6.81. The predicted octanol–water partition coefficient (Wildman–Crippen LogP) is 1.78. The second kappa shape index (κ2) is 7.85. The molecule has 4 heteroatoms. The summed E-state index contributed by atoms with van der Waals surface area (Å²) in [5.41, 5.74) is 0.0635. The van der Waals surface area contributed by atoms with E-state index in [1.165, 1.54) is 6.42 Å². The Balaban J connectivity index is 2.03. The molecular weight excluding hydrogens is 240 g/mol. The van der Waals surface area contributed by atoms with Gasteiger partial charge < -0.3 is 10.4 Å². The zero-order valence-corrected chi connectivity index (χ0v) is 12.7. The number of hydrogen-bond acceptors (Lipinski definition) is 3. The van der Waals surface area contributed by atoms with E-state index in [2.05, 4.69) is 31.0 Å². The first-order chi connectivity index (χ1) is 8.92. The van der Waals surface area contributed by atoms with E-state index < -0.39 is 0 Å². The summed E-state index contributed by atoms with van der Waals surface area (Å²) in [5.74, 6) is 0.155. The lowest BCUT2D eigenvalue weighted by Crippen LogP contribution is -2.33. The lowest BCUT2D eigenvalue weighted by atomic mass is 9.92. The van der Waals surface area contributed by atoms with Crippen molar-refractivity contribution in [3.8, 4) is 0 Å². The molecule has 0 aromatic rings. The largest absolute Gasteiger partial charge is 0.395 e. The highest BCUT2D eigenvalue weighted by atomic mass is 16.3. The number of hydrogen-bond donors (Lipinski definition) is 2. The van der Waals surface area contributed by atoms with E-state index in [4.69, 9.17) is 0 Å². The van der Waals surface area contributed by atoms with Crippen LogP contribution < -0.4 is 5.32 Å². The third-order valence-corrected chi connectivity index (χ3v) is 3.59. The van der Waals surface area contributed by atoms with E-state index >= 15 is 0 Å². The first-order valence-electron chi connectivity index (χ1n) is 7.54. The fourth-order valence-corrected chi connectivity index (χ4v) is 2.61. The van der Waals surface area contributed by atoms with Crippen LogP contribution >= 0.6 is 0 Å². The molecule has 1 aliphatic rings. The maximum Gasteiger partial charge on any atom is 0.220 e. The van der Waals surface area contributed by atoms with Gasteiger partial charge in [-0.2, -0.15) is 0 Å². The summed E-state index contributed by atoms with van der Waals surface area (Å²) in [4.78, 5) is 14.0. The normalized spacial score (nSPS) is 20.7. The molecule has 0 saturated carbocycles. The smallest absolute Gasteiger partial charge is 0.220 e. The van der Waals surface area contributed by atoms with E-state index in [0.717, 1.165) is 38.9 Å². The average molecular weight is 270 g/mol. The van der Waals surface area contributed by atoms with Gasteiger partial charge in [-0.25, -0.2) is 0 Å². The van der Waals surface area contributed by atoms with Crippen molar-refractivity contribution in [1.82, 2.24) is 10.2 Å². The Morgan fingerprint density at radius 1 is 1.37 bits per heavy atom. The van der Waals surface area contributed by atoms with E-state index in [9.17, 15) is 9.90 Å². The maximum absolute atomic E-state index is 11.6. The summed E-state index contributed by atoms with van der Waals surface area (Å²) in [7, 11) is 0. The molecule has 1 atom stereocenters. The van der Waals surface area contributed by atoms with Gasteiger partial charge in [0.05, 0.1) is 6.61 Å². The molecule has 1 rings (SSSR count). The monoisotopic (exact) mass is 270 g/mol. The van der Waals surface area contributed by atoms with Crippen molar-refractivity contribution in [2.24, 2.45) is 5.41 Å². The summed E-state index contributed by atoms with van der Waals surface area (Å²) < 4.78 is 0. The van der Waals surface area contributed by atoms with Gasteiger partial charge in [0.15, 0.2) is 0 Å². The standard InChI is InChI=1S/C15H30N2O2/c1-15(2,3)11-14(19)16-8-4-5-9-17-10-6-7-13(17)12-18/h13,18H,4-12H2,1-3H3,(H,16,19). The Hall–Kier alpha value is -0.610. The quantitative estimate of drug-likeness (QED) is 0.693. The molecule has 0 radical (unpaired) electrons. The molecule has 0 spiro atoms. The molecule has 0 aliphatic carbocycles. The van der Waals surface area contributed by atoms with E-state index in [0.29, 0.717) is 12.5 Å². The number of aliphatic hydroxyl groups excluding tert-OH is 1. The Kier molecular flexibility index (Phi) is 6.80. The third kappa shape index (κ3) is 6.92. The van der Waals surface area contributed by atoms with Crippen molar-refractivity contribution in [2.45, 2.75) is 58.9 Å². The van der Waals surface area contributed by atoms with Gasteiger partial charge in [0.2, 0.25) is 5.91 Å². The molecule has 1 aliphatic heterocycles. The molecule has 112 valence electrons. The molecule has 2 N–H and O–H groups in total. The van der Waals surface area contributed by atoms with E-state index in [-0.39, 0.29) is 17.9 Å². The SMILES string of the molecule is CC(C)(C)CC(=O)NCCCCN1CCCC1CO. The van der Waals surface area contributed by atoms with Crippen LogP contribution in [0.1, 0.15) is 52.9 Å². The second-order valence-electron chi connectivity index (χ2n) is 6.81. The number of carbonyl (C=O) groups is 1. The van der Waals surface area contributed by atoms with Crippen molar-refractivity contribution < 1.29 is 9.90 Å². The molecule has 1 amide bonds. The number of nitrogens with zero attached hydrogens (tertiary/aromatic N) is 1. The van der Waals surface area contributed by atoms with Gasteiger partial charge in [0.25, 0.3) is 0 Å². The minimum Gasteiger partial charge on any atom is -0.395 e. The van der Waals surface area contributed by atoms with Crippen LogP contribution in [0.5, 0.6) is 0 Å². The zero-order chi connectivity index (χ0) is 14.3. The number of aliphatic hydroxyl groups is 1. The highest BCUT2D eigenvalue weighted by Crippen LogP contribution is 2.18. The minimum atomic E-state index is 0.0635. The summed E-state index contributed by atoms with van der Waals surface area (Å²) >= 11 is 0. The van der Waals surface area contributed by atoms with Crippen LogP contribution in [0.3, 0.4) is 0 Å². The van der Waals surface area contributed by atoms with Gasteiger partial charge in [-0.15, -0.1) is 0 Å². The van der Waals surface area contributed by atoms with E-state index in [1.807, 2.05) is 0 Å². The van der Waals surface area contributed by atoms with Crippen LogP contribution in [0.25, 0.3) is 0 Å². The molecule has 1 unspecified atom stereocenters. The van der Waals surface area contributed by atoms with Gasteiger partial charge in [-0.3, -0.25) is 9.69 Å². The third-order valence-electron chi connectivity index (χ3n) is 3.59. The fraction of sp³-hybridized carbons (Fsp3) is 0.933. The first kappa shape index (κ1) is 16.4. The summed E-state index contributed by atoms with van der Waals surface area (Å²) in [6.07, 6.45) is 5.02. The van der Waals surface area contributed by atoms with Crippen LogP contribution in [0.2, 0.25) is 0 Å². The molecule has 4 nitrogen and oxygen atoms in total. The van der Waals surface area contributed by atoms with Crippen LogP contribution in [-0.2, 0) is 4.79 Å². The van der Waals surface area contributed by atoms with Gasteiger partial charge in [-0.1, -0.05) is 20.8 Å². The molecular formula is C15H30N2O2. The Morgan fingerprint density at radius 3 is 2.74 bits per heavy atom. The number of rotatable bonds is 7. The summed E-state index contributed by atoms with van der Waals surface area (Å²) in [6, 6.07) is 0.371. The maximum atomic E-state index is 11.6. The molecule has 1 fully saturated rings. The Morgan fingerprint density at radius 2 is 2.11 bits per heavy atom. The number of likely N-dealkylation sites (tertiary alicyclic amines) is 1.